The molecule has 2 rings (SSSR count). The number of aliphatic hydroxyl groups excluding tert-OH is 1. The summed E-state index contributed by atoms with van der Waals surface area (Å²) in [6, 6.07) is 7.39. The molecule has 3 N–H and O–H groups in total. The standard InChI is InChI=1S/C14H19N3O2/c1-17-10(8-9-16-17)6-7-12(18)11-4-3-5-13(19-2)14(11)15/h3-5,8-9,12,18H,6-7,15H2,1-2H3. The molecule has 0 amide bonds. The van der Waals surface area contributed by atoms with Crippen LogP contribution in [0.3, 0.4) is 0 Å². The van der Waals surface area contributed by atoms with E-state index in [0.29, 0.717) is 23.4 Å². The van der Waals surface area contributed by atoms with Gasteiger partial charge in [-0.2, -0.15) is 5.10 Å². The molecule has 0 saturated carbocycles. The normalized spacial score (nSPS) is 12.4. The first-order valence-corrected chi connectivity index (χ1v) is 6.20. The Morgan fingerprint density at radius 2 is 2.21 bits per heavy atom. The van der Waals surface area contributed by atoms with Gasteiger partial charge in [-0.15, -0.1) is 0 Å². The van der Waals surface area contributed by atoms with Crippen LogP contribution in [0, 0.1) is 0 Å². The first-order valence-electron chi connectivity index (χ1n) is 6.20. The highest BCUT2D eigenvalue weighted by molar-refractivity contribution is 5.59. The molecule has 0 fully saturated rings. The minimum Gasteiger partial charge on any atom is -0.495 e. The summed E-state index contributed by atoms with van der Waals surface area (Å²) >= 11 is 0. The average Bonchev–Trinajstić information content (AvgIpc) is 2.82. The Bertz CT molecular complexity index is 551. The van der Waals surface area contributed by atoms with Gasteiger partial charge < -0.3 is 15.6 Å². The van der Waals surface area contributed by atoms with Crippen LogP contribution in [-0.4, -0.2) is 22.0 Å². The Hall–Kier alpha value is -2.01. The van der Waals surface area contributed by atoms with E-state index < -0.39 is 6.10 Å². The molecule has 5 nitrogen and oxygen atoms in total. The first kappa shape index (κ1) is 13.4. The molecule has 1 heterocycles. The predicted molar refractivity (Wildman–Crippen MR) is 73.9 cm³/mol. The van der Waals surface area contributed by atoms with E-state index in [1.54, 1.807) is 19.4 Å². The minimum atomic E-state index is -0.606. The summed E-state index contributed by atoms with van der Waals surface area (Å²) in [4.78, 5) is 0. The van der Waals surface area contributed by atoms with Crippen LogP contribution in [0.2, 0.25) is 0 Å². The zero-order chi connectivity index (χ0) is 13.8. The quantitative estimate of drug-likeness (QED) is 0.803. The molecule has 0 saturated heterocycles. The topological polar surface area (TPSA) is 73.3 Å². The fraction of sp³-hybridized carbons (Fsp3) is 0.357. The number of anilines is 1. The van der Waals surface area contributed by atoms with E-state index in [1.807, 2.05) is 29.9 Å². The molecule has 5 heteroatoms. The van der Waals surface area contributed by atoms with Crippen molar-refractivity contribution in [2.75, 3.05) is 12.8 Å². The van der Waals surface area contributed by atoms with Crippen LogP contribution in [0.15, 0.2) is 30.5 Å². The summed E-state index contributed by atoms with van der Waals surface area (Å²) in [5, 5.41) is 14.3. The van der Waals surface area contributed by atoms with Crippen molar-refractivity contribution in [2.45, 2.75) is 18.9 Å². The third-order valence-corrected chi connectivity index (χ3v) is 3.28. The molecule has 19 heavy (non-hydrogen) atoms. The van der Waals surface area contributed by atoms with Crippen LogP contribution in [0.25, 0.3) is 0 Å². The highest BCUT2D eigenvalue weighted by atomic mass is 16.5. The number of aliphatic hydroxyl groups is 1. The van der Waals surface area contributed by atoms with E-state index in [1.165, 1.54) is 0 Å². The predicted octanol–water partition coefficient (Wildman–Crippen LogP) is 1.68. The van der Waals surface area contributed by atoms with Gasteiger partial charge in [0.1, 0.15) is 5.75 Å². The lowest BCUT2D eigenvalue weighted by Crippen LogP contribution is -2.06. The smallest absolute Gasteiger partial charge is 0.142 e. The first-order chi connectivity index (χ1) is 9.13. The number of aryl methyl sites for hydroxylation is 2. The number of benzene rings is 1. The largest absolute Gasteiger partial charge is 0.495 e. The van der Waals surface area contributed by atoms with E-state index in [-0.39, 0.29) is 0 Å². The second-order valence-corrected chi connectivity index (χ2v) is 4.46. The van der Waals surface area contributed by atoms with Crippen LogP contribution in [0.4, 0.5) is 5.69 Å². The van der Waals surface area contributed by atoms with Crippen molar-refractivity contribution in [1.82, 2.24) is 9.78 Å². The van der Waals surface area contributed by atoms with Crippen LogP contribution in [-0.2, 0) is 13.5 Å². The summed E-state index contributed by atoms with van der Waals surface area (Å²) in [6.07, 6.45) is 2.48. The Kier molecular flexibility index (Phi) is 4.06. The van der Waals surface area contributed by atoms with Crippen molar-refractivity contribution >= 4 is 5.69 Å². The number of methoxy groups -OCH3 is 1. The van der Waals surface area contributed by atoms with Crippen molar-refractivity contribution < 1.29 is 9.84 Å². The highest BCUT2D eigenvalue weighted by Crippen LogP contribution is 2.31. The molecule has 0 radical (unpaired) electrons. The van der Waals surface area contributed by atoms with Crippen LogP contribution in [0.5, 0.6) is 5.75 Å². The number of rotatable bonds is 5. The van der Waals surface area contributed by atoms with Crippen molar-refractivity contribution in [1.29, 1.82) is 0 Å². The maximum atomic E-state index is 10.2. The van der Waals surface area contributed by atoms with E-state index in [9.17, 15) is 5.11 Å². The lowest BCUT2D eigenvalue weighted by Gasteiger charge is -2.15. The molecule has 102 valence electrons. The third kappa shape index (κ3) is 2.88. The summed E-state index contributed by atoms with van der Waals surface area (Å²) < 4.78 is 6.96. The van der Waals surface area contributed by atoms with E-state index in [4.69, 9.17) is 10.5 Å². The molecule has 0 bridgehead atoms. The molecule has 0 aliphatic heterocycles. The van der Waals surface area contributed by atoms with Gasteiger partial charge in [-0.1, -0.05) is 12.1 Å². The molecule has 1 aromatic heterocycles. The van der Waals surface area contributed by atoms with E-state index >= 15 is 0 Å². The van der Waals surface area contributed by atoms with Gasteiger partial charge in [-0.3, -0.25) is 4.68 Å². The van der Waals surface area contributed by atoms with Gasteiger partial charge in [0.15, 0.2) is 0 Å². The van der Waals surface area contributed by atoms with Gasteiger partial charge in [-0.05, 0) is 25.0 Å². The number of aromatic nitrogens is 2. The lowest BCUT2D eigenvalue weighted by atomic mass is 10.0. The number of nitrogen functional groups attached to an aromatic ring is 1. The van der Waals surface area contributed by atoms with Crippen LogP contribution >= 0.6 is 0 Å². The molecular formula is C14H19N3O2. The second kappa shape index (κ2) is 5.75. The maximum Gasteiger partial charge on any atom is 0.142 e. The zero-order valence-electron chi connectivity index (χ0n) is 11.2. The Labute approximate surface area is 112 Å². The van der Waals surface area contributed by atoms with Crippen LogP contribution in [0.1, 0.15) is 23.8 Å². The van der Waals surface area contributed by atoms with Crippen molar-refractivity contribution in [3.05, 3.63) is 41.7 Å². The monoisotopic (exact) mass is 261 g/mol. The third-order valence-electron chi connectivity index (χ3n) is 3.28. The molecule has 0 aliphatic rings. The molecule has 1 unspecified atom stereocenters. The van der Waals surface area contributed by atoms with Gasteiger partial charge in [0, 0.05) is 24.5 Å². The zero-order valence-corrected chi connectivity index (χ0v) is 11.2. The molecular weight excluding hydrogens is 242 g/mol. The van der Waals surface area contributed by atoms with Gasteiger partial charge in [-0.25, -0.2) is 0 Å². The highest BCUT2D eigenvalue weighted by Gasteiger charge is 2.14. The van der Waals surface area contributed by atoms with Gasteiger partial charge >= 0.3 is 0 Å². The molecule has 2 aromatic rings. The number of hydrogen-bond donors (Lipinski definition) is 2. The molecule has 0 aliphatic carbocycles. The molecule has 0 spiro atoms. The van der Waals surface area contributed by atoms with Gasteiger partial charge in [0.25, 0.3) is 0 Å². The Morgan fingerprint density at radius 1 is 1.42 bits per heavy atom. The number of hydrogen-bond acceptors (Lipinski definition) is 4. The van der Waals surface area contributed by atoms with Crippen molar-refractivity contribution in [3.63, 3.8) is 0 Å². The van der Waals surface area contributed by atoms with Crippen LogP contribution < -0.4 is 10.5 Å². The number of para-hydroxylation sites is 1. The molecule has 1 aromatic carbocycles. The SMILES string of the molecule is COc1cccc(C(O)CCc2ccnn2C)c1N. The summed E-state index contributed by atoms with van der Waals surface area (Å²) in [6.45, 7) is 0. The number of nitrogens with zero attached hydrogens (tertiary/aromatic N) is 2. The summed E-state index contributed by atoms with van der Waals surface area (Å²) in [5.74, 6) is 0.595. The van der Waals surface area contributed by atoms with Crippen molar-refractivity contribution in [3.8, 4) is 5.75 Å². The number of nitrogens with two attached hydrogens (primary N) is 1. The fourth-order valence-corrected chi connectivity index (χ4v) is 2.12. The lowest BCUT2D eigenvalue weighted by molar-refractivity contribution is 0.167. The fourth-order valence-electron chi connectivity index (χ4n) is 2.12. The number of ether oxygens (including phenoxy) is 1. The van der Waals surface area contributed by atoms with Gasteiger partial charge in [0.2, 0.25) is 0 Å². The van der Waals surface area contributed by atoms with E-state index in [0.717, 1.165) is 12.1 Å². The summed E-state index contributed by atoms with van der Waals surface area (Å²) in [7, 11) is 3.46. The minimum absolute atomic E-state index is 0.502. The Morgan fingerprint density at radius 3 is 2.84 bits per heavy atom. The summed E-state index contributed by atoms with van der Waals surface area (Å²) in [5.41, 5.74) is 8.27. The molecule has 1 atom stereocenters. The van der Waals surface area contributed by atoms with E-state index in [2.05, 4.69) is 5.10 Å². The van der Waals surface area contributed by atoms with Gasteiger partial charge in [0.05, 0.1) is 18.9 Å². The average molecular weight is 261 g/mol. The maximum absolute atomic E-state index is 10.2. The Balaban J connectivity index is 2.08. The second-order valence-electron chi connectivity index (χ2n) is 4.46. The van der Waals surface area contributed by atoms with Crippen molar-refractivity contribution in [2.24, 2.45) is 7.05 Å².